The number of anilines is 2. The van der Waals surface area contributed by atoms with Gasteiger partial charge in [-0.15, -0.1) is 0 Å². The normalized spacial score (nSPS) is 15.1. The van der Waals surface area contributed by atoms with Gasteiger partial charge in [0.2, 0.25) is 0 Å². The van der Waals surface area contributed by atoms with Crippen LogP contribution in [0.15, 0.2) is 36.7 Å². The van der Waals surface area contributed by atoms with Crippen molar-refractivity contribution in [3.05, 3.63) is 47.9 Å². The maximum Gasteiger partial charge on any atom is 0.407 e. The van der Waals surface area contributed by atoms with Crippen LogP contribution in [0.4, 0.5) is 20.8 Å². The van der Waals surface area contributed by atoms with Gasteiger partial charge in [0, 0.05) is 37.6 Å². The summed E-state index contributed by atoms with van der Waals surface area (Å²) in [5.41, 5.74) is 0.379. The topological polar surface area (TPSA) is 140 Å². The fourth-order valence-electron chi connectivity index (χ4n) is 3.64. The zero-order chi connectivity index (χ0) is 22.7. The van der Waals surface area contributed by atoms with E-state index in [4.69, 9.17) is 15.1 Å². The number of aromatic amines is 1. The number of carboxylic acid groups (broad SMARTS) is 1. The van der Waals surface area contributed by atoms with Crippen molar-refractivity contribution in [3.63, 3.8) is 0 Å². The molecule has 32 heavy (non-hydrogen) atoms. The highest BCUT2D eigenvalue weighted by molar-refractivity contribution is 5.71. The molecule has 1 aliphatic heterocycles. The summed E-state index contributed by atoms with van der Waals surface area (Å²) in [6, 6.07) is 8.73. The maximum atomic E-state index is 15.6. The molecular formula is C21H20FN7O3. The molecule has 1 saturated heterocycles. The Bertz CT molecular complexity index is 1160. The van der Waals surface area contributed by atoms with Gasteiger partial charge in [0.1, 0.15) is 23.3 Å². The third-order valence-electron chi connectivity index (χ3n) is 5.44. The number of aromatic nitrogens is 4. The number of alkyl halides is 1. The summed E-state index contributed by atoms with van der Waals surface area (Å²) in [6.45, 7) is 0.285. The van der Waals surface area contributed by atoms with E-state index in [2.05, 4.69) is 25.5 Å². The van der Waals surface area contributed by atoms with E-state index in [0.717, 1.165) is 0 Å². The van der Waals surface area contributed by atoms with Crippen LogP contribution in [0.3, 0.4) is 0 Å². The maximum absolute atomic E-state index is 15.6. The number of likely N-dealkylation sites (tertiary alicyclic amines) is 1. The zero-order valence-corrected chi connectivity index (χ0v) is 17.2. The highest BCUT2D eigenvalue weighted by atomic mass is 19.1. The number of benzene rings is 1. The molecule has 11 heteroatoms. The Balaban J connectivity index is 1.53. The van der Waals surface area contributed by atoms with Gasteiger partial charge < -0.3 is 20.1 Å². The Hall–Kier alpha value is -4.20. The minimum Gasteiger partial charge on any atom is -0.496 e. The smallest absolute Gasteiger partial charge is 0.407 e. The summed E-state index contributed by atoms with van der Waals surface area (Å²) in [7, 11) is 1.50. The summed E-state index contributed by atoms with van der Waals surface area (Å²) < 4.78 is 21.1. The molecule has 164 valence electrons. The number of hydrogen-bond acceptors (Lipinski definition) is 7. The first-order valence-electron chi connectivity index (χ1n) is 9.82. The van der Waals surface area contributed by atoms with Crippen molar-refractivity contribution >= 4 is 17.7 Å². The molecule has 1 amide bonds. The third kappa shape index (κ3) is 4.15. The van der Waals surface area contributed by atoms with E-state index in [1.165, 1.54) is 24.4 Å². The van der Waals surface area contributed by atoms with Crippen LogP contribution < -0.4 is 10.1 Å². The van der Waals surface area contributed by atoms with Crippen molar-refractivity contribution < 1.29 is 19.0 Å². The second-order valence-electron chi connectivity index (χ2n) is 7.34. The first-order chi connectivity index (χ1) is 15.4. The van der Waals surface area contributed by atoms with Crippen molar-refractivity contribution in [2.75, 3.05) is 25.5 Å². The van der Waals surface area contributed by atoms with Crippen LogP contribution in [-0.4, -0.2) is 56.5 Å². The summed E-state index contributed by atoms with van der Waals surface area (Å²) in [6.07, 6.45) is 1.93. The number of piperidine rings is 1. The van der Waals surface area contributed by atoms with Crippen LogP contribution in [0.1, 0.15) is 24.1 Å². The second kappa shape index (κ2) is 8.50. The third-order valence-corrected chi connectivity index (χ3v) is 5.44. The number of nitrogens with zero attached hydrogens (tertiary/aromatic N) is 5. The molecule has 10 nitrogen and oxygen atoms in total. The average molecular weight is 437 g/mol. The number of methoxy groups -OCH3 is 1. The number of nitriles is 1. The van der Waals surface area contributed by atoms with Gasteiger partial charge in [-0.05, 0) is 17.7 Å². The van der Waals surface area contributed by atoms with E-state index in [-0.39, 0.29) is 31.6 Å². The van der Waals surface area contributed by atoms with Crippen molar-refractivity contribution in [2.24, 2.45) is 0 Å². The Kier molecular flexibility index (Phi) is 5.59. The minimum absolute atomic E-state index is 0.0888. The first-order valence-corrected chi connectivity index (χ1v) is 9.82. The van der Waals surface area contributed by atoms with Gasteiger partial charge in [-0.25, -0.2) is 19.2 Å². The fourth-order valence-corrected chi connectivity index (χ4v) is 3.64. The van der Waals surface area contributed by atoms with Gasteiger partial charge >= 0.3 is 6.09 Å². The standard InChI is InChI=1S/C21H20FN7O3/c1-32-17-8-13(21(22)4-6-29(7-5-21)20(30)31)2-3-15(17)16-9-18(28-27-16)26-19-12-24-14(10-23)11-25-19/h2-3,8-9,11-12H,4-7H2,1H3,(H,30,31)(H2,25,26,27,28). The predicted octanol–water partition coefficient (Wildman–Crippen LogP) is 3.43. The second-order valence-corrected chi connectivity index (χ2v) is 7.34. The number of H-pyrrole nitrogens is 1. The molecule has 2 aromatic heterocycles. The van der Waals surface area contributed by atoms with Crippen molar-refractivity contribution in [1.82, 2.24) is 25.1 Å². The summed E-state index contributed by atoms with van der Waals surface area (Å²) in [5, 5.41) is 28.0. The largest absolute Gasteiger partial charge is 0.496 e. The lowest BCUT2D eigenvalue weighted by Crippen LogP contribution is -2.42. The molecule has 1 fully saturated rings. The first kappa shape index (κ1) is 21.0. The van der Waals surface area contributed by atoms with E-state index >= 15 is 4.39 Å². The van der Waals surface area contributed by atoms with E-state index in [1.54, 1.807) is 24.3 Å². The van der Waals surface area contributed by atoms with Crippen LogP contribution in [0, 0.1) is 11.3 Å². The molecule has 0 atom stereocenters. The summed E-state index contributed by atoms with van der Waals surface area (Å²) in [4.78, 5) is 20.4. The SMILES string of the molecule is COc1cc(C2(F)CCN(C(=O)O)CC2)ccc1-c1cc(Nc2cnc(C#N)cn2)n[nH]1. The van der Waals surface area contributed by atoms with Crippen LogP contribution >= 0.6 is 0 Å². The average Bonchev–Trinajstić information content (AvgIpc) is 3.27. The van der Waals surface area contributed by atoms with E-state index < -0.39 is 11.8 Å². The quantitative estimate of drug-likeness (QED) is 0.551. The molecule has 0 spiro atoms. The molecule has 1 aromatic carbocycles. The van der Waals surface area contributed by atoms with E-state index in [1.807, 2.05) is 6.07 Å². The lowest BCUT2D eigenvalue weighted by molar-refractivity contribution is 0.0550. The Morgan fingerprint density at radius 1 is 1.28 bits per heavy atom. The molecular weight excluding hydrogens is 417 g/mol. The van der Waals surface area contributed by atoms with Gasteiger partial charge in [-0.2, -0.15) is 10.4 Å². The van der Waals surface area contributed by atoms with Crippen LogP contribution in [0.25, 0.3) is 11.3 Å². The molecule has 3 heterocycles. The molecule has 0 saturated carbocycles. The Morgan fingerprint density at radius 3 is 2.69 bits per heavy atom. The molecule has 0 aliphatic carbocycles. The Morgan fingerprint density at radius 2 is 2.06 bits per heavy atom. The number of halogens is 1. The van der Waals surface area contributed by atoms with E-state index in [9.17, 15) is 4.79 Å². The Labute approximate surface area is 182 Å². The number of rotatable bonds is 5. The highest BCUT2D eigenvalue weighted by Gasteiger charge is 2.38. The highest BCUT2D eigenvalue weighted by Crippen LogP contribution is 2.41. The van der Waals surface area contributed by atoms with Crippen LogP contribution in [0.5, 0.6) is 5.75 Å². The molecule has 3 N–H and O–H groups in total. The summed E-state index contributed by atoms with van der Waals surface area (Å²) >= 11 is 0. The van der Waals surface area contributed by atoms with Crippen molar-refractivity contribution in [3.8, 4) is 23.1 Å². The number of ether oxygens (including phenoxy) is 1. The number of carbonyl (C=O) groups is 1. The number of amides is 1. The van der Waals surface area contributed by atoms with Crippen molar-refractivity contribution in [1.29, 1.82) is 5.26 Å². The number of nitrogens with one attached hydrogen (secondary N) is 2. The molecule has 0 radical (unpaired) electrons. The van der Waals surface area contributed by atoms with Gasteiger partial charge in [0.05, 0.1) is 25.2 Å². The van der Waals surface area contributed by atoms with Gasteiger partial charge in [0.15, 0.2) is 11.5 Å². The monoisotopic (exact) mass is 437 g/mol. The minimum atomic E-state index is -1.62. The van der Waals surface area contributed by atoms with Crippen LogP contribution in [-0.2, 0) is 5.67 Å². The number of hydrogen-bond donors (Lipinski definition) is 3. The molecule has 3 aromatic rings. The fraction of sp³-hybridized carbons (Fsp3) is 0.286. The molecule has 0 bridgehead atoms. The van der Waals surface area contributed by atoms with E-state index in [0.29, 0.717) is 34.2 Å². The molecule has 4 rings (SSSR count). The summed E-state index contributed by atoms with van der Waals surface area (Å²) in [5.74, 6) is 1.37. The van der Waals surface area contributed by atoms with Crippen molar-refractivity contribution in [2.45, 2.75) is 18.5 Å². The van der Waals surface area contributed by atoms with Gasteiger partial charge in [-0.3, -0.25) is 5.10 Å². The lowest BCUT2D eigenvalue weighted by Gasteiger charge is -2.35. The predicted molar refractivity (Wildman–Crippen MR) is 112 cm³/mol. The van der Waals surface area contributed by atoms with Crippen LogP contribution in [0.2, 0.25) is 0 Å². The molecule has 1 aliphatic rings. The van der Waals surface area contributed by atoms with Gasteiger partial charge in [0.25, 0.3) is 0 Å². The zero-order valence-electron chi connectivity index (χ0n) is 17.2. The van der Waals surface area contributed by atoms with Gasteiger partial charge in [-0.1, -0.05) is 6.07 Å². The molecule has 0 unspecified atom stereocenters. The lowest BCUT2D eigenvalue weighted by atomic mass is 9.85.